The van der Waals surface area contributed by atoms with E-state index in [4.69, 9.17) is 9.72 Å². The fourth-order valence-corrected chi connectivity index (χ4v) is 4.07. The number of fused-ring (bicyclic) bond motifs is 1. The van der Waals surface area contributed by atoms with Crippen LogP contribution in [0.5, 0.6) is 0 Å². The summed E-state index contributed by atoms with van der Waals surface area (Å²) in [5, 5.41) is 9.64. The maximum Gasteiger partial charge on any atom is 0.329 e. The van der Waals surface area contributed by atoms with Crippen molar-refractivity contribution < 1.29 is 9.53 Å². The molecule has 0 spiro atoms. The minimum absolute atomic E-state index is 0.379. The number of hydrogen-bond acceptors (Lipinski definition) is 6. The van der Waals surface area contributed by atoms with Crippen molar-refractivity contribution in [3.8, 4) is 6.07 Å². The van der Waals surface area contributed by atoms with E-state index in [0.717, 1.165) is 37.9 Å². The predicted molar refractivity (Wildman–Crippen MR) is 115 cm³/mol. The van der Waals surface area contributed by atoms with Crippen molar-refractivity contribution in [1.29, 1.82) is 5.26 Å². The zero-order valence-electron chi connectivity index (χ0n) is 17.0. The third kappa shape index (κ3) is 4.11. The molecule has 6 heteroatoms. The Bertz CT molecular complexity index is 1070. The molecular formula is C24H24N4O2. The second-order valence-electron chi connectivity index (χ2n) is 7.63. The molecular weight excluding hydrogens is 376 g/mol. The van der Waals surface area contributed by atoms with Gasteiger partial charge in [0.15, 0.2) is 11.7 Å². The highest BCUT2D eigenvalue weighted by Crippen LogP contribution is 2.31. The SMILES string of the molecule is COC(=O)[C@H](C#N)c1nc2ccccc2nc1N1CCC(Cc2ccccc2)CC1. The van der Waals surface area contributed by atoms with Crippen LogP contribution in [0.1, 0.15) is 30.0 Å². The molecule has 1 atom stereocenters. The molecule has 2 aromatic carbocycles. The van der Waals surface area contributed by atoms with Crippen molar-refractivity contribution >= 4 is 22.8 Å². The molecule has 152 valence electrons. The van der Waals surface area contributed by atoms with Crippen LogP contribution in [0.25, 0.3) is 11.0 Å². The number of benzene rings is 2. The smallest absolute Gasteiger partial charge is 0.329 e. The number of nitrogens with zero attached hydrogens (tertiary/aromatic N) is 4. The summed E-state index contributed by atoms with van der Waals surface area (Å²) in [5.41, 5.74) is 3.16. The lowest BCUT2D eigenvalue weighted by Gasteiger charge is -2.34. The topological polar surface area (TPSA) is 79.1 Å². The van der Waals surface area contributed by atoms with E-state index in [9.17, 15) is 10.1 Å². The third-order valence-corrected chi connectivity index (χ3v) is 5.70. The Morgan fingerprint density at radius 1 is 1.10 bits per heavy atom. The summed E-state index contributed by atoms with van der Waals surface area (Å²) >= 11 is 0. The Labute approximate surface area is 176 Å². The van der Waals surface area contributed by atoms with Crippen molar-refractivity contribution in [2.45, 2.75) is 25.2 Å². The lowest BCUT2D eigenvalue weighted by molar-refractivity contribution is -0.141. The average Bonchev–Trinajstić information content (AvgIpc) is 2.80. The van der Waals surface area contributed by atoms with E-state index in [2.05, 4.69) is 40.2 Å². The second kappa shape index (κ2) is 8.91. The van der Waals surface area contributed by atoms with Crippen molar-refractivity contribution in [1.82, 2.24) is 9.97 Å². The zero-order chi connectivity index (χ0) is 20.9. The molecule has 0 aliphatic carbocycles. The van der Waals surface area contributed by atoms with Crippen LogP contribution in [0.15, 0.2) is 54.6 Å². The van der Waals surface area contributed by atoms with Gasteiger partial charge in [-0.3, -0.25) is 4.79 Å². The highest BCUT2D eigenvalue weighted by molar-refractivity contribution is 5.85. The maximum atomic E-state index is 12.2. The standard InChI is InChI=1S/C24H24N4O2/c1-30-24(29)19(16-25)22-23(27-21-10-6-5-9-20(21)26-22)28-13-11-18(12-14-28)15-17-7-3-2-4-8-17/h2-10,18-19H,11-15H2,1H3/t19-/m1/s1. The number of carbonyl (C=O) groups excluding carboxylic acids is 1. The average molecular weight is 400 g/mol. The van der Waals surface area contributed by atoms with E-state index >= 15 is 0 Å². The van der Waals surface area contributed by atoms with Gasteiger partial charge in [-0.25, -0.2) is 9.97 Å². The molecule has 1 saturated heterocycles. The van der Waals surface area contributed by atoms with Gasteiger partial charge in [0.25, 0.3) is 0 Å². The minimum Gasteiger partial charge on any atom is -0.468 e. The molecule has 1 aliphatic rings. The summed E-state index contributed by atoms with van der Waals surface area (Å²) in [6.45, 7) is 1.63. The number of piperidine rings is 1. The number of anilines is 1. The van der Waals surface area contributed by atoms with Crippen molar-refractivity contribution in [3.63, 3.8) is 0 Å². The number of ether oxygens (including phenoxy) is 1. The molecule has 0 radical (unpaired) electrons. The first kappa shape index (κ1) is 19.8. The van der Waals surface area contributed by atoms with Crippen LogP contribution < -0.4 is 4.90 Å². The van der Waals surface area contributed by atoms with Crippen LogP contribution >= 0.6 is 0 Å². The number of para-hydroxylation sites is 2. The molecule has 0 N–H and O–H groups in total. The fourth-order valence-electron chi connectivity index (χ4n) is 4.07. The number of methoxy groups -OCH3 is 1. The van der Waals surface area contributed by atoms with Gasteiger partial charge in [0.2, 0.25) is 0 Å². The first-order valence-electron chi connectivity index (χ1n) is 10.2. The van der Waals surface area contributed by atoms with Gasteiger partial charge in [0.1, 0.15) is 5.69 Å². The van der Waals surface area contributed by atoms with E-state index in [0.29, 0.717) is 22.9 Å². The number of carbonyl (C=O) groups is 1. The fraction of sp³-hybridized carbons (Fsp3) is 0.333. The number of rotatable bonds is 5. The summed E-state index contributed by atoms with van der Waals surface area (Å²) in [6.07, 6.45) is 3.12. The summed E-state index contributed by atoms with van der Waals surface area (Å²) in [4.78, 5) is 23.8. The Kier molecular flexibility index (Phi) is 5.89. The van der Waals surface area contributed by atoms with E-state index in [1.54, 1.807) is 0 Å². The van der Waals surface area contributed by atoms with Crippen LogP contribution in [-0.2, 0) is 16.0 Å². The second-order valence-corrected chi connectivity index (χ2v) is 7.63. The van der Waals surface area contributed by atoms with Gasteiger partial charge < -0.3 is 9.64 Å². The maximum absolute atomic E-state index is 12.2. The number of esters is 1. The number of nitriles is 1. The summed E-state index contributed by atoms with van der Waals surface area (Å²) in [5.74, 6) is -0.483. The molecule has 0 unspecified atom stereocenters. The lowest BCUT2D eigenvalue weighted by Crippen LogP contribution is -2.36. The first-order valence-corrected chi connectivity index (χ1v) is 10.2. The summed E-state index contributed by atoms with van der Waals surface area (Å²) in [7, 11) is 1.29. The first-order chi connectivity index (χ1) is 14.7. The van der Waals surface area contributed by atoms with Crippen LogP contribution in [0.2, 0.25) is 0 Å². The molecule has 3 aromatic rings. The molecule has 1 aromatic heterocycles. The monoisotopic (exact) mass is 400 g/mol. The molecule has 0 saturated carbocycles. The minimum atomic E-state index is -1.09. The van der Waals surface area contributed by atoms with Crippen LogP contribution in [0.4, 0.5) is 5.82 Å². The van der Waals surface area contributed by atoms with E-state index in [1.165, 1.54) is 12.7 Å². The van der Waals surface area contributed by atoms with Gasteiger partial charge in [0, 0.05) is 13.1 Å². The highest BCUT2D eigenvalue weighted by atomic mass is 16.5. The molecule has 0 amide bonds. The van der Waals surface area contributed by atoms with E-state index in [-0.39, 0.29) is 0 Å². The molecule has 1 fully saturated rings. The van der Waals surface area contributed by atoms with Gasteiger partial charge in [-0.1, -0.05) is 42.5 Å². The third-order valence-electron chi connectivity index (χ3n) is 5.70. The number of hydrogen-bond donors (Lipinski definition) is 0. The van der Waals surface area contributed by atoms with Crippen LogP contribution in [-0.4, -0.2) is 36.1 Å². The van der Waals surface area contributed by atoms with Crippen molar-refractivity contribution in [2.24, 2.45) is 5.92 Å². The summed E-state index contributed by atoms with van der Waals surface area (Å²) in [6, 6.07) is 20.1. The van der Waals surface area contributed by atoms with Gasteiger partial charge in [-0.15, -0.1) is 0 Å². The van der Waals surface area contributed by atoms with E-state index in [1.807, 2.05) is 30.3 Å². The van der Waals surface area contributed by atoms with Crippen LogP contribution in [0, 0.1) is 17.2 Å². The van der Waals surface area contributed by atoms with Gasteiger partial charge in [0.05, 0.1) is 24.2 Å². The van der Waals surface area contributed by atoms with E-state index < -0.39 is 11.9 Å². The van der Waals surface area contributed by atoms with Crippen molar-refractivity contribution in [3.05, 3.63) is 65.9 Å². The Morgan fingerprint density at radius 2 is 1.73 bits per heavy atom. The Morgan fingerprint density at radius 3 is 2.37 bits per heavy atom. The number of aromatic nitrogens is 2. The van der Waals surface area contributed by atoms with Crippen LogP contribution in [0.3, 0.4) is 0 Å². The molecule has 30 heavy (non-hydrogen) atoms. The molecule has 4 rings (SSSR count). The summed E-state index contributed by atoms with van der Waals surface area (Å²) < 4.78 is 4.85. The molecule has 2 heterocycles. The zero-order valence-corrected chi connectivity index (χ0v) is 17.0. The highest BCUT2D eigenvalue weighted by Gasteiger charge is 2.31. The molecule has 1 aliphatic heterocycles. The Hall–Kier alpha value is -3.46. The lowest BCUT2D eigenvalue weighted by atomic mass is 9.90. The van der Waals surface area contributed by atoms with Gasteiger partial charge in [-0.05, 0) is 42.9 Å². The van der Waals surface area contributed by atoms with Gasteiger partial charge in [-0.2, -0.15) is 5.26 Å². The quantitative estimate of drug-likeness (QED) is 0.605. The largest absolute Gasteiger partial charge is 0.468 e. The van der Waals surface area contributed by atoms with Gasteiger partial charge >= 0.3 is 5.97 Å². The molecule has 6 nitrogen and oxygen atoms in total. The van der Waals surface area contributed by atoms with Crippen molar-refractivity contribution in [2.75, 3.05) is 25.1 Å². The Balaban J connectivity index is 1.61. The molecule has 0 bridgehead atoms. The normalized spacial score (nSPS) is 15.5. The predicted octanol–water partition coefficient (Wildman–Crippen LogP) is 3.87.